The van der Waals surface area contributed by atoms with Crippen LogP contribution in [0.3, 0.4) is 0 Å². The molecule has 12 heteroatoms. The molecule has 0 bridgehead atoms. The number of sulfonamides is 1. The molecule has 0 saturated heterocycles. The van der Waals surface area contributed by atoms with Crippen LogP contribution in [0.25, 0.3) is 0 Å². The molecule has 198 valence electrons. The van der Waals surface area contributed by atoms with Crippen molar-refractivity contribution in [1.29, 1.82) is 0 Å². The van der Waals surface area contributed by atoms with Crippen LogP contribution in [0.5, 0.6) is 11.5 Å². The van der Waals surface area contributed by atoms with Crippen LogP contribution in [0, 0.1) is 0 Å². The van der Waals surface area contributed by atoms with Crippen molar-refractivity contribution in [3.8, 4) is 11.5 Å². The summed E-state index contributed by atoms with van der Waals surface area (Å²) < 4.78 is 36.9. The van der Waals surface area contributed by atoms with Gasteiger partial charge in [0.05, 0.1) is 26.2 Å². The van der Waals surface area contributed by atoms with Crippen molar-refractivity contribution in [3.63, 3.8) is 0 Å². The average molecular weight is 561 g/mol. The summed E-state index contributed by atoms with van der Waals surface area (Å²) in [5.41, 5.74) is 0.762. The number of hydrogen-bond donors (Lipinski definition) is 1. The van der Waals surface area contributed by atoms with Crippen molar-refractivity contribution in [3.05, 3.63) is 52.0 Å². The normalized spacial score (nSPS) is 12.0. The van der Waals surface area contributed by atoms with Crippen LogP contribution in [0.2, 0.25) is 10.0 Å². The number of carbonyl (C=O) groups is 2. The summed E-state index contributed by atoms with van der Waals surface area (Å²) in [5.74, 6) is -0.262. The molecule has 0 radical (unpaired) electrons. The van der Waals surface area contributed by atoms with E-state index in [2.05, 4.69) is 5.32 Å². The number of rotatable bonds is 12. The van der Waals surface area contributed by atoms with Gasteiger partial charge in [-0.3, -0.25) is 13.9 Å². The van der Waals surface area contributed by atoms with E-state index in [1.54, 1.807) is 25.1 Å². The van der Waals surface area contributed by atoms with Crippen LogP contribution in [0.15, 0.2) is 36.4 Å². The van der Waals surface area contributed by atoms with Gasteiger partial charge in [0, 0.05) is 29.2 Å². The molecule has 0 fully saturated rings. The molecule has 2 aromatic carbocycles. The molecule has 1 unspecified atom stereocenters. The Labute approximate surface area is 222 Å². The minimum Gasteiger partial charge on any atom is -0.493 e. The van der Waals surface area contributed by atoms with Crippen molar-refractivity contribution in [2.24, 2.45) is 0 Å². The molecule has 2 rings (SSSR count). The Bertz CT molecular complexity index is 1190. The van der Waals surface area contributed by atoms with E-state index in [4.69, 9.17) is 32.7 Å². The van der Waals surface area contributed by atoms with Gasteiger partial charge in [-0.05, 0) is 43.2 Å². The number of hydrogen-bond acceptors (Lipinski definition) is 6. The van der Waals surface area contributed by atoms with Crippen molar-refractivity contribution >= 4 is 50.7 Å². The SMILES string of the molecule is CCCNC(=O)C(C)N(Cc1ccc(Cl)cc1Cl)C(=O)CN(c1ccc(OC)c(OC)c1)S(C)(=O)=O. The summed E-state index contributed by atoms with van der Waals surface area (Å²) >= 11 is 12.3. The molecule has 0 saturated carbocycles. The molecule has 36 heavy (non-hydrogen) atoms. The van der Waals surface area contributed by atoms with E-state index in [9.17, 15) is 18.0 Å². The Balaban J connectivity index is 2.45. The Kier molecular flexibility index (Phi) is 10.7. The van der Waals surface area contributed by atoms with Crippen LogP contribution >= 0.6 is 23.2 Å². The first kappa shape index (κ1) is 29.5. The summed E-state index contributed by atoms with van der Waals surface area (Å²) in [6.07, 6.45) is 1.71. The van der Waals surface area contributed by atoms with Crippen LogP contribution in [0.1, 0.15) is 25.8 Å². The van der Waals surface area contributed by atoms with Gasteiger partial charge in [-0.1, -0.05) is 36.2 Å². The number of anilines is 1. The average Bonchev–Trinajstić information content (AvgIpc) is 2.83. The Hall–Kier alpha value is -2.69. The molecule has 0 aliphatic rings. The third-order valence-electron chi connectivity index (χ3n) is 5.41. The summed E-state index contributed by atoms with van der Waals surface area (Å²) in [6, 6.07) is 8.43. The van der Waals surface area contributed by atoms with Gasteiger partial charge in [0.1, 0.15) is 12.6 Å². The van der Waals surface area contributed by atoms with Gasteiger partial charge >= 0.3 is 0 Å². The first-order chi connectivity index (χ1) is 16.9. The lowest BCUT2D eigenvalue weighted by molar-refractivity contribution is -0.139. The number of amides is 2. The lowest BCUT2D eigenvalue weighted by Crippen LogP contribution is -2.51. The molecule has 0 aliphatic heterocycles. The first-order valence-corrected chi connectivity index (χ1v) is 13.7. The number of methoxy groups -OCH3 is 2. The maximum atomic E-state index is 13.6. The lowest BCUT2D eigenvalue weighted by Gasteiger charge is -2.31. The standard InChI is InChI=1S/C24H31Cl2N3O6S/c1-6-11-27-24(31)16(2)28(14-17-7-8-18(25)12-20(17)26)23(30)15-29(36(5,32)33)19-9-10-21(34-3)22(13-19)35-4/h7-10,12-13,16H,6,11,14-15H2,1-5H3,(H,27,31). The topological polar surface area (TPSA) is 105 Å². The second kappa shape index (κ2) is 13.0. The van der Waals surface area contributed by atoms with Crippen molar-refractivity contribution in [2.45, 2.75) is 32.9 Å². The lowest BCUT2D eigenvalue weighted by atomic mass is 10.1. The number of nitrogens with zero attached hydrogens (tertiary/aromatic N) is 2. The van der Waals surface area contributed by atoms with E-state index in [-0.39, 0.29) is 18.1 Å². The number of nitrogens with one attached hydrogen (secondary N) is 1. The van der Waals surface area contributed by atoms with E-state index in [0.29, 0.717) is 33.7 Å². The van der Waals surface area contributed by atoms with E-state index in [1.807, 2.05) is 6.92 Å². The van der Waals surface area contributed by atoms with Gasteiger partial charge < -0.3 is 19.7 Å². The van der Waals surface area contributed by atoms with Gasteiger partial charge in [0.25, 0.3) is 0 Å². The molecule has 2 amide bonds. The fourth-order valence-corrected chi connectivity index (χ4v) is 4.72. The van der Waals surface area contributed by atoms with Gasteiger partial charge in [-0.15, -0.1) is 0 Å². The zero-order valence-electron chi connectivity index (χ0n) is 20.9. The maximum absolute atomic E-state index is 13.6. The summed E-state index contributed by atoms with van der Waals surface area (Å²) in [4.78, 5) is 27.6. The van der Waals surface area contributed by atoms with Gasteiger partial charge in [-0.2, -0.15) is 0 Å². The van der Waals surface area contributed by atoms with E-state index >= 15 is 0 Å². The number of ether oxygens (including phenoxy) is 2. The summed E-state index contributed by atoms with van der Waals surface area (Å²) in [6.45, 7) is 3.35. The highest BCUT2D eigenvalue weighted by atomic mass is 35.5. The van der Waals surface area contributed by atoms with Gasteiger partial charge in [-0.25, -0.2) is 8.42 Å². The van der Waals surface area contributed by atoms with E-state index < -0.39 is 28.5 Å². The Morgan fingerprint density at radius 3 is 2.28 bits per heavy atom. The first-order valence-electron chi connectivity index (χ1n) is 11.1. The number of benzene rings is 2. The van der Waals surface area contributed by atoms with Gasteiger partial charge in [0.15, 0.2) is 11.5 Å². The minimum absolute atomic E-state index is 0.0287. The molecule has 1 N–H and O–H groups in total. The molecule has 2 aromatic rings. The fraction of sp³-hybridized carbons (Fsp3) is 0.417. The monoisotopic (exact) mass is 559 g/mol. The number of carbonyl (C=O) groups excluding carboxylic acids is 2. The van der Waals surface area contributed by atoms with Gasteiger partial charge in [0.2, 0.25) is 21.8 Å². The second-order valence-corrected chi connectivity index (χ2v) is 10.8. The zero-order chi connectivity index (χ0) is 27.0. The largest absolute Gasteiger partial charge is 0.493 e. The van der Waals surface area contributed by atoms with E-state index in [0.717, 1.165) is 17.0 Å². The number of halogens is 2. The summed E-state index contributed by atoms with van der Waals surface area (Å²) in [7, 11) is -1.01. The van der Waals surface area contributed by atoms with Crippen molar-refractivity contribution < 1.29 is 27.5 Å². The molecular formula is C24H31Cl2N3O6S. The minimum atomic E-state index is -3.89. The highest BCUT2D eigenvalue weighted by Crippen LogP contribution is 2.32. The summed E-state index contributed by atoms with van der Waals surface area (Å²) in [5, 5.41) is 3.51. The van der Waals surface area contributed by atoms with Crippen molar-refractivity contribution in [1.82, 2.24) is 10.2 Å². The van der Waals surface area contributed by atoms with Crippen LogP contribution < -0.4 is 19.1 Å². The Morgan fingerprint density at radius 1 is 1.06 bits per heavy atom. The third-order valence-corrected chi connectivity index (χ3v) is 7.13. The predicted octanol–water partition coefficient (Wildman–Crippen LogP) is 3.72. The highest BCUT2D eigenvalue weighted by molar-refractivity contribution is 7.92. The van der Waals surface area contributed by atoms with Crippen LogP contribution in [0.4, 0.5) is 5.69 Å². The highest BCUT2D eigenvalue weighted by Gasteiger charge is 2.30. The van der Waals surface area contributed by atoms with Crippen LogP contribution in [-0.4, -0.2) is 64.7 Å². The molecular weight excluding hydrogens is 529 g/mol. The van der Waals surface area contributed by atoms with E-state index in [1.165, 1.54) is 37.3 Å². The maximum Gasteiger partial charge on any atom is 0.244 e. The quantitative estimate of drug-likeness (QED) is 0.425. The zero-order valence-corrected chi connectivity index (χ0v) is 23.2. The fourth-order valence-electron chi connectivity index (χ4n) is 3.41. The molecule has 0 aliphatic carbocycles. The smallest absolute Gasteiger partial charge is 0.244 e. The molecule has 0 aromatic heterocycles. The van der Waals surface area contributed by atoms with Crippen molar-refractivity contribution in [2.75, 3.05) is 37.9 Å². The second-order valence-electron chi connectivity index (χ2n) is 8.03. The van der Waals surface area contributed by atoms with Crippen LogP contribution in [-0.2, 0) is 26.2 Å². The molecule has 1 atom stereocenters. The predicted molar refractivity (Wildman–Crippen MR) is 142 cm³/mol. The molecule has 9 nitrogen and oxygen atoms in total. The third kappa shape index (κ3) is 7.65. The molecule has 0 spiro atoms. The molecule has 0 heterocycles. The Morgan fingerprint density at radius 2 is 1.72 bits per heavy atom.